The molecule has 1 aromatic carbocycles. The molecule has 3 nitrogen and oxygen atoms in total. The molecule has 0 amide bonds. The maximum absolute atomic E-state index is 5.80. The van der Waals surface area contributed by atoms with Gasteiger partial charge in [0.1, 0.15) is 18.2 Å². The number of ether oxygens (including phenoxy) is 1. The van der Waals surface area contributed by atoms with Crippen molar-refractivity contribution in [1.29, 1.82) is 0 Å². The second-order valence-electron chi connectivity index (χ2n) is 3.54. The predicted octanol–water partition coefficient (Wildman–Crippen LogP) is 3.36. The molecular formula is C13H13ClN2O. The summed E-state index contributed by atoms with van der Waals surface area (Å²) in [4.78, 5) is 4.17. The van der Waals surface area contributed by atoms with E-state index in [1.54, 1.807) is 6.20 Å². The Bertz CT molecular complexity index is 468. The van der Waals surface area contributed by atoms with Crippen LogP contribution in [-0.2, 0) is 6.61 Å². The van der Waals surface area contributed by atoms with E-state index in [9.17, 15) is 0 Å². The highest BCUT2D eigenvalue weighted by Crippen LogP contribution is 2.15. The van der Waals surface area contributed by atoms with Gasteiger partial charge in [-0.1, -0.05) is 23.7 Å². The SMILES string of the molecule is CNc1ccc(OCc2ccc(Cl)cc2)cn1. The van der Waals surface area contributed by atoms with Crippen LogP contribution in [0.1, 0.15) is 5.56 Å². The molecule has 0 aliphatic rings. The predicted molar refractivity (Wildman–Crippen MR) is 69.6 cm³/mol. The van der Waals surface area contributed by atoms with Crippen molar-refractivity contribution in [3.8, 4) is 5.75 Å². The number of rotatable bonds is 4. The summed E-state index contributed by atoms with van der Waals surface area (Å²) in [6.45, 7) is 0.512. The molecule has 1 N–H and O–H groups in total. The first-order chi connectivity index (χ1) is 8.28. The number of halogens is 1. The Hall–Kier alpha value is -1.74. The summed E-state index contributed by atoms with van der Waals surface area (Å²) in [5, 5.41) is 3.68. The molecule has 0 spiro atoms. The Morgan fingerprint density at radius 1 is 1.18 bits per heavy atom. The Kier molecular flexibility index (Phi) is 3.83. The number of hydrogen-bond donors (Lipinski definition) is 1. The lowest BCUT2D eigenvalue weighted by atomic mass is 10.2. The standard InChI is InChI=1S/C13H13ClN2O/c1-15-13-7-6-12(8-16-13)17-9-10-2-4-11(14)5-3-10/h2-8H,9H2,1H3,(H,15,16). The second-order valence-corrected chi connectivity index (χ2v) is 3.98. The molecule has 0 aliphatic heterocycles. The van der Waals surface area contributed by atoms with E-state index in [1.165, 1.54) is 0 Å². The number of benzene rings is 1. The Morgan fingerprint density at radius 3 is 2.53 bits per heavy atom. The normalized spacial score (nSPS) is 10.0. The first kappa shape index (κ1) is 11.7. The average Bonchev–Trinajstić information content (AvgIpc) is 2.39. The van der Waals surface area contributed by atoms with Gasteiger partial charge in [-0.05, 0) is 29.8 Å². The summed E-state index contributed by atoms with van der Waals surface area (Å²) in [6, 6.07) is 11.3. The molecular weight excluding hydrogens is 236 g/mol. The minimum absolute atomic E-state index is 0.512. The molecule has 2 rings (SSSR count). The summed E-state index contributed by atoms with van der Waals surface area (Å²) < 4.78 is 5.60. The maximum Gasteiger partial charge on any atom is 0.138 e. The first-order valence-electron chi connectivity index (χ1n) is 5.29. The van der Waals surface area contributed by atoms with Crippen LogP contribution in [0.5, 0.6) is 5.75 Å². The van der Waals surface area contributed by atoms with Gasteiger partial charge < -0.3 is 10.1 Å². The van der Waals surface area contributed by atoms with E-state index >= 15 is 0 Å². The smallest absolute Gasteiger partial charge is 0.138 e. The van der Waals surface area contributed by atoms with Crippen LogP contribution >= 0.6 is 11.6 Å². The molecule has 0 bridgehead atoms. The van der Waals surface area contributed by atoms with Crippen molar-refractivity contribution in [3.63, 3.8) is 0 Å². The molecule has 2 aromatic rings. The van der Waals surface area contributed by atoms with Crippen LogP contribution in [0.25, 0.3) is 0 Å². The molecule has 88 valence electrons. The lowest BCUT2D eigenvalue weighted by Crippen LogP contribution is -1.97. The van der Waals surface area contributed by atoms with Gasteiger partial charge in [-0.2, -0.15) is 0 Å². The maximum atomic E-state index is 5.80. The van der Waals surface area contributed by atoms with Gasteiger partial charge in [0.05, 0.1) is 6.20 Å². The highest BCUT2D eigenvalue weighted by Gasteiger charge is 1.97. The van der Waals surface area contributed by atoms with E-state index in [2.05, 4.69) is 10.3 Å². The molecule has 1 aromatic heterocycles. The topological polar surface area (TPSA) is 34.1 Å². The molecule has 0 saturated heterocycles. The van der Waals surface area contributed by atoms with Gasteiger partial charge >= 0.3 is 0 Å². The monoisotopic (exact) mass is 248 g/mol. The third-order valence-electron chi connectivity index (χ3n) is 2.31. The molecule has 0 fully saturated rings. The fraction of sp³-hybridized carbons (Fsp3) is 0.154. The Morgan fingerprint density at radius 2 is 1.94 bits per heavy atom. The van der Waals surface area contributed by atoms with Gasteiger partial charge in [-0.15, -0.1) is 0 Å². The van der Waals surface area contributed by atoms with Gasteiger partial charge in [0.2, 0.25) is 0 Å². The third-order valence-corrected chi connectivity index (χ3v) is 2.56. The zero-order valence-electron chi connectivity index (χ0n) is 9.48. The van der Waals surface area contributed by atoms with Crippen molar-refractivity contribution in [3.05, 3.63) is 53.2 Å². The molecule has 0 unspecified atom stereocenters. The van der Waals surface area contributed by atoms with Crippen LogP contribution < -0.4 is 10.1 Å². The summed E-state index contributed by atoms with van der Waals surface area (Å²) in [6.07, 6.45) is 1.70. The van der Waals surface area contributed by atoms with Gasteiger partial charge in [-0.3, -0.25) is 0 Å². The van der Waals surface area contributed by atoms with Crippen molar-refractivity contribution in [2.24, 2.45) is 0 Å². The number of nitrogens with zero attached hydrogens (tertiary/aromatic N) is 1. The number of pyridine rings is 1. The molecule has 1 heterocycles. The van der Waals surface area contributed by atoms with Crippen molar-refractivity contribution < 1.29 is 4.74 Å². The fourth-order valence-corrected chi connectivity index (χ4v) is 1.49. The number of hydrogen-bond acceptors (Lipinski definition) is 3. The summed E-state index contributed by atoms with van der Waals surface area (Å²) in [5.41, 5.74) is 1.08. The zero-order valence-corrected chi connectivity index (χ0v) is 10.2. The minimum atomic E-state index is 0.512. The van der Waals surface area contributed by atoms with Crippen LogP contribution in [0.15, 0.2) is 42.6 Å². The van der Waals surface area contributed by atoms with Crippen molar-refractivity contribution >= 4 is 17.4 Å². The molecule has 0 radical (unpaired) electrons. The van der Waals surface area contributed by atoms with Crippen LogP contribution in [0.2, 0.25) is 5.02 Å². The lowest BCUT2D eigenvalue weighted by Gasteiger charge is -2.06. The quantitative estimate of drug-likeness (QED) is 0.901. The summed E-state index contributed by atoms with van der Waals surface area (Å²) >= 11 is 5.80. The largest absolute Gasteiger partial charge is 0.487 e. The lowest BCUT2D eigenvalue weighted by molar-refractivity contribution is 0.305. The summed E-state index contributed by atoms with van der Waals surface area (Å²) in [7, 11) is 1.83. The van der Waals surface area contributed by atoms with Gasteiger partial charge in [0.15, 0.2) is 0 Å². The minimum Gasteiger partial charge on any atom is -0.487 e. The van der Waals surface area contributed by atoms with Crippen molar-refractivity contribution in [2.45, 2.75) is 6.61 Å². The van der Waals surface area contributed by atoms with E-state index in [-0.39, 0.29) is 0 Å². The molecule has 0 saturated carbocycles. The number of nitrogens with one attached hydrogen (secondary N) is 1. The van der Waals surface area contributed by atoms with Crippen LogP contribution in [-0.4, -0.2) is 12.0 Å². The third kappa shape index (κ3) is 3.36. The van der Waals surface area contributed by atoms with E-state index in [1.807, 2.05) is 43.4 Å². The fourth-order valence-electron chi connectivity index (χ4n) is 1.36. The highest BCUT2D eigenvalue weighted by molar-refractivity contribution is 6.30. The molecule has 17 heavy (non-hydrogen) atoms. The Labute approximate surface area is 105 Å². The van der Waals surface area contributed by atoms with Gasteiger partial charge in [0.25, 0.3) is 0 Å². The summed E-state index contributed by atoms with van der Waals surface area (Å²) in [5.74, 6) is 1.57. The van der Waals surface area contributed by atoms with Crippen molar-refractivity contribution in [1.82, 2.24) is 4.98 Å². The van der Waals surface area contributed by atoms with E-state index in [0.29, 0.717) is 6.61 Å². The van der Waals surface area contributed by atoms with Crippen molar-refractivity contribution in [2.75, 3.05) is 12.4 Å². The van der Waals surface area contributed by atoms with Gasteiger partial charge in [0, 0.05) is 12.1 Å². The van der Waals surface area contributed by atoms with E-state index < -0.39 is 0 Å². The van der Waals surface area contributed by atoms with E-state index in [4.69, 9.17) is 16.3 Å². The second kappa shape index (κ2) is 5.55. The molecule has 0 aliphatic carbocycles. The zero-order chi connectivity index (χ0) is 12.1. The van der Waals surface area contributed by atoms with Crippen LogP contribution in [0.3, 0.4) is 0 Å². The van der Waals surface area contributed by atoms with Crippen LogP contribution in [0, 0.1) is 0 Å². The number of anilines is 1. The van der Waals surface area contributed by atoms with Crippen LogP contribution in [0.4, 0.5) is 5.82 Å². The first-order valence-corrected chi connectivity index (χ1v) is 5.67. The molecule has 4 heteroatoms. The van der Waals surface area contributed by atoms with E-state index in [0.717, 1.165) is 22.2 Å². The average molecular weight is 249 g/mol. The number of aromatic nitrogens is 1. The molecule has 0 atom stereocenters. The Balaban J connectivity index is 1.95. The van der Waals surface area contributed by atoms with Gasteiger partial charge in [-0.25, -0.2) is 4.98 Å². The highest BCUT2D eigenvalue weighted by atomic mass is 35.5.